The molecule has 2 heterocycles. The SMILES string of the molecule is Cc1ccc(C(=O)Nc2ccc3sc(C(=O)N4CCCC4)cc3c2)cc1. The smallest absolute Gasteiger partial charge is 0.263 e. The van der Waals surface area contributed by atoms with Crippen molar-refractivity contribution in [2.24, 2.45) is 0 Å². The number of aryl methyl sites for hydroxylation is 1. The van der Waals surface area contributed by atoms with Gasteiger partial charge >= 0.3 is 0 Å². The molecule has 1 aliphatic rings. The normalized spacial score (nSPS) is 14.0. The van der Waals surface area contributed by atoms with Crippen molar-refractivity contribution >= 4 is 38.9 Å². The molecule has 0 bridgehead atoms. The molecular weight excluding hydrogens is 344 g/mol. The van der Waals surface area contributed by atoms with Gasteiger partial charge in [0.1, 0.15) is 0 Å². The van der Waals surface area contributed by atoms with Crippen molar-refractivity contribution < 1.29 is 9.59 Å². The van der Waals surface area contributed by atoms with E-state index < -0.39 is 0 Å². The Labute approximate surface area is 156 Å². The zero-order valence-corrected chi connectivity index (χ0v) is 15.4. The number of benzene rings is 2. The maximum atomic E-state index is 12.6. The summed E-state index contributed by atoms with van der Waals surface area (Å²) in [5, 5.41) is 3.92. The van der Waals surface area contributed by atoms with E-state index in [1.807, 2.05) is 60.4 Å². The third-order valence-electron chi connectivity index (χ3n) is 4.69. The number of rotatable bonds is 3. The number of fused-ring (bicyclic) bond motifs is 1. The van der Waals surface area contributed by atoms with E-state index in [4.69, 9.17) is 0 Å². The van der Waals surface area contributed by atoms with Gasteiger partial charge in [0.25, 0.3) is 11.8 Å². The second kappa shape index (κ2) is 6.92. The summed E-state index contributed by atoms with van der Waals surface area (Å²) in [6, 6.07) is 15.2. The van der Waals surface area contributed by atoms with E-state index in [-0.39, 0.29) is 11.8 Å². The van der Waals surface area contributed by atoms with Crippen LogP contribution in [0.4, 0.5) is 5.69 Å². The summed E-state index contributed by atoms with van der Waals surface area (Å²) in [5.74, 6) is -0.0121. The first kappa shape index (κ1) is 16.8. The van der Waals surface area contributed by atoms with Gasteiger partial charge in [-0.15, -0.1) is 11.3 Å². The third-order valence-corrected chi connectivity index (χ3v) is 5.80. The lowest BCUT2D eigenvalue weighted by Crippen LogP contribution is -2.26. The number of carbonyl (C=O) groups excluding carboxylic acids is 2. The molecule has 3 aromatic rings. The average Bonchev–Trinajstić information content (AvgIpc) is 3.31. The minimum atomic E-state index is -0.132. The first-order valence-electron chi connectivity index (χ1n) is 8.81. The van der Waals surface area contributed by atoms with Gasteiger partial charge in [-0.1, -0.05) is 17.7 Å². The number of hydrogen-bond donors (Lipinski definition) is 1. The van der Waals surface area contributed by atoms with Gasteiger partial charge in [0.15, 0.2) is 0 Å². The van der Waals surface area contributed by atoms with Crippen molar-refractivity contribution in [3.8, 4) is 0 Å². The molecular formula is C21H20N2O2S. The average molecular weight is 364 g/mol. The lowest BCUT2D eigenvalue weighted by atomic mass is 10.1. The summed E-state index contributed by atoms with van der Waals surface area (Å²) in [7, 11) is 0. The Morgan fingerprint density at radius 2 is 1.73 bits per heavy atom. The van der Waals surface area contributed by atoms with Crippen LogP contribution in [0, 0.1) is 6.92 Å². The second-order valence-electron chi connectivity index (χ2n) is 6.68. The maximum absolute atomic E-state index is 12.6. The molecule has 1 aliphatic heterocycles. The summed E-state index contributed by atoms with van der Waals surface area (Å²) >= 11 is 1.51. The number of carbonyl (C=O) groups is 2. The molecule has 0 radical (unpaired) electrons. The predicted molar refractivity (Wildman–Crippen MR) is 106 cm³/mol. The number of likely N-dealkylation sites (tertiary alicyclic amines) is 1. The fraction of sp³-hybridized carbons (Fsp3) is 0.238. The second-order valence-corrected chi connectivity index (χ2v) is 7.77. The van der Waals surface area contributed by atoms with Crippen LogP contribution < -0.4 is 5.32 Å². The van der Waals surface area contributed by atoms with E-state index in [1.54, 1.807) is 0 Å². The van der Waals surface area contributed by atoms with Crippen LogP contribution in [0.1, 0.15) is 38.4 Å². The zero-order chi connectivity index (χ0) is 18.1. The van der Waals surface area contributed by atoms with Crippen LogP contribution >= 0.6 is 11.3 Å². The fourth-order valence-corrected chi connectivity index (χ4v) is 4.22. The predicted octanol–water partition coefficient (Wildman–Crippen LogP) is 4.70. The van der Waals surface area contributed by atoms with Gasteiger partial charge in [-0.25, -0.2) is 0 Å². The quantitative estimate of drug-likeness (QED) is 0.732. The molecule has 5 heteroatoms. The van der Waals surface area contributed by atoms with E-state index in [1.165, 1.54) is 11.3 Å². The minimum absolute atomic E-state index is 0.119. The molecule has 1 fully saturated rings. The van der Waals surface area contributed by atoms with Crippen molar-refractivity contribution in [1.29, 1.82) is 0 Å². The lowest BCUT2D eigenvalue weighted by molar-refractivity contribution is 0.0797. The number of anilines is 1. The van der Waals surface area contributed by atoms with Gasteiger partial charge in [-0.05, 0) is 61.5 Å². The molecule has 1 saturated heterocycles. The van der Waals surface area contributed by atoms with Crippen molar-refractivity contribution in [2.75, 3.05) is 18.4 Å². The van der Waals surface area contributed by atoms with Crippen molar-refractivity contribution in [3.05, 3.63) is 64.5 Å². The summed E-state index contributed by atoms with van der Waals surface area (Å²) in [5.41, 5.74) is 2.49. The topological polar surface area (TPSA) is 49.4 Å². The number of amides is 2. The van der Waals surface area contributed by atoms with Crippen molar-refractivity contribution in [1.82, 2.24) is 4.90 Å². The van der Waals surface area contributed by atoms with E-state index in [9.17, 15) is 9.59 Å². The fourth-order valence-electron chi connectivity index (χ4n) is 3.21. The monoisotopic (exact) mass is 364 g/mol. The standard InChI is InChI=1S/C21H20N2O2S/c1-14-4-6-15(7-5-14)20(24)22-17-8-9-18-16(12-17)13-19(26-18)21(25)23-10-2-3-11-23/h4-9,12-13H,2-3,10-11H2,1H3,(H,22,24). The largest absolute Gasteiger partial charge is 0.338 e. The molecule has 1 aromatic heterocycles. The summed E-state index contributed by atoms with van der Waals surface area (Å²) in [6.45, 7) is 3.70. The molecule has 2 aromatic carbocycles. The van der Waals surface area contributed by atoms with Crippen molar-refractivity contribution in [3.63, 3.8) is 0 Å². The highest BCUT2D eigenvalue weighted by atomic mass is 32.1. The van der Waals surface area contributed by atoms with Gasteiger partial charge in [0.2, 0.25) is 0 Å². The molecule has 4 nitrogen and oxygen atoms in total. The number of hydrogen-bond acceptors (Lipinski definition) is 3. The van der Waals surface area contributed by atoms with Crippen LogP contribution in [0.25, 0.3) is 10.1 Å². The number of nitrogens with zero attached hydrogens (tertiary/aromatic N) is 1. The minimum Gasteiger partial charge on any atom is -0.338 e. The van der Waals surface area contributed by atoms with Gasteiger partial charge < -0.3 is 10.2 Å². The highest BCUT2D eigenvalue weighted by Crippen LogP contribution is 2.30. The maximum Gasteiger partial charge on any atom is 0.263 e. The molecule has 0 spiro atoms. The Bertz CT molecular complexity index is 969. The Hall–Kier alpha value is -2.66. The Kier molecular flexibility index (Phi) is 4.47. The van der Waals surface area contributed by atoms with Gasteiger partial charge in [0, 0.05) is 29.0 Å². The van der Waals surface area contributed by atoms with Gasteiger partial charge in [-0.2, -0.15) is 0 Å². The molecule has 2 amide bonds. The zero-order valence-electron chi connectivity index (χ0n) is 14.6. The van der Waals surface area contributed by atoms with E-state index in [0.29, 0.717) is 5.56 Å². The molecule has 1 N–H and O–H groups in total. The molecule has 0 atom stereocenters. The van der Waals surface area contributed by atoms with Crippen LogP contribution in [-0.4, -0.2) is 29.8 Å². The molecule has 132 valence electrons. The highest BCUT2D eigenvalue weighted by Gasteiger charge is 2.21. The first-order chi connectivity index (χ1) is 12.6. The summed E-state index contributed by atoms with van der Waals surface area (Å²) in [4.78, 5) is 27.6. The Balaban J connectivity index is 1.54. The van der Waals surface area contributed by atoms with E-state index >= 15 is 0 Å². The summed E-state index contributed by atoms with van der Waals surface area (Å²) in [6.07, 6.45) is 2.18. The molecule has 0 aliphatic carbocycles. The van der Waals surface area contributed by atoms with Crippen LogP contribution in [0.5, 0.6) is 0 Å². The molecule has 4 rings (SSSR count). The van der Waals surface area contributed by atoms with Crippen LogP contribution in [0.15, 0.2) is 48.5 Å². The van der Waals surface area contributed by atoms with Crippen LogP contribution in [-0.2, 0) is 0 Å². The Morgan fingerprint density at radius 3 is 2.46 bits per heavy atom. The highest BCUT2D eigenvalue weighted by molar-refractivity contribution is 7.20. The molecule has 0 unspecified atom stereocenters. The summed E-state index contributed by atoms with van der Waals surface area (Å²) < 4.78 is 1.06. The van der Waals surface area contributed by atoms with Gasteiger partial charge in [0.05, 0.1) is 4.88 Å². The number of nitrogens with one attached hydrogen (secondary N) is 1. The Morgan fingerprint density at radius 1 is 1.00 bits per heavy atom. The van der Waals surface area contributed by atoms with Crippen molar-refractivity contribution in [2.45, 2.75) is 19.8 Å². The van der Waals surface area contributed by atoms with Gasteiger partial charge in [-0.3, -0.25) is 9.59 Å². The lowest BCUT2D eigenvalue weighted by Gasteiger charge is -2.13. The number of thiophene rings is 1. The van der Waals surface area contributed by atoms with E-state index in [0.717, 1.165) is 52.1 Å². The first-order valence-corrected chi connectivity index (χ1v) is 9.63. The molecule has 26 heavy (non-hydrogen) atoms. The van der Waals surface area contributed by atoms with E-state index in [2.05, 4.69) is 5.32 Å². The molecule has 0 saturated carbocycles. The third kappa shape index (κ3) is 3.35. The van der Waals surface area contributed by atoms with Crippen LogP contribution in [0.2, 0.25) is 0 Å². The van der Waals surface area contributed by atoms with Crippen LogP contribution in [0.3, 0.4) is 0 Å².